The molecule has 0 saturated heterocycles. The van der Waals surface area contributed by atoms with E-state index in [-0.39, 0.29) is 5.91 Å². The summed E-state index contributed by atoms with van der Waals surface area (Å²) in [5.41, 5.74) is 9.30. The predicted molar refractivity (Wildman–Crippen MR) is 143 cm³/mol. The molecule has 8 nitrogen and oxygen atoms in total. The van der Waals surface area contributed by atoms with Gasteiger partial charge in [-0.15, -0.1) is 0 Å². The first-order valence-corrected chi connectivity index (χ1v) is 11.0. The van der Waals surface area contributed by atoms with Gasteiger partial charge in [-0.3, -0.25) is 4.79 Å². The minimum absolute atomic E-state index is 0.330. The van der Waals surface area contributed by atoms with E-state index in [2.05, 4.69) is 5.32 Å². The number of nitrogens with two attached hydrogens (primary N) is 1. The van der Waals surface area contributed by atoms with E-state index in [0.717, 1.165) is 16.7 Å². The fourth-order valence-corrected chi connectivity index (χ4v) is 3.57. The lowest BCUT2D eigenvalue weighted by Gasteiger charge is -2.14. The second kappa shape index (κ2) is 12.2. The molecule has 3 N–H and O–H groups in total. The highest BCUT2D eigenvalue weighted by molar-refractivity contribution is 6.03. The average Bonchev–Trinajstić information content (AvgIpc) is 2.89. The van der Waals surface area contributed by atoms with Crippen molar-refractivity contribution < 1.29 is 28.5 Å². The van der Waals surface area contributed by atoms with Crippen molar-refractivity contribution in [3.05, 3.63) is 71.3 Å². The lowest BCUT2D eigenvalue weighted by molar-refractivity contribution is -0.111. The highest BCUT2D eigenvalue weighted by atomic mass is 16.5. The molecule has 0 fully saturated rings. The van der Waals surface area contributed by atoms with Crippen LogP contribution in [0.2, 0.25) is 0 Å². The Balaban J connectivity index is 1.91. The Morgan fingerprint density at radius 1 is 0.694 bits per heavy atom. The van der Waals surface area contributed by atoms with Crippen molar-refractivity contribution in [1.82, 2.24) is 0 Å². The van der Waals surface area contributed by atoms with Crippen LogP contribution in [0.15, 0.2) is 54.6 Å². The summed E-state index contributed by atoms with van der Waals surface area (Å²) in [5.74, 6) is 2.16. The molecule has 3 rings (SSSR count). The van der Waals surface area contributed by atoms with Gasteiger partial charge in [0.1, 0.15) is 0 Å². The molecule has 1 amide bonds. The molecule has 0 aliphatic rings. The lowest BCUT2D eigenvalue weighted by Crippen LogP contribution is -2.09. The van der Waals surface area contributed by atoms with Crippen molar-refractivity contribution in [2.24, 2.45) is 0 Å². The molecule has 3 aromatic carbocycles. The van der Waals surface area contributed by atoms with Crippen LogP contribution >= 0.6 is 0 Å². The maximum Gasteiger partial charge on any atom is 0.248 e. The van der Waals surface area contributed by atoms with Gasteiger partial charge >= 0.3 is 0 Å². The summed E-state index contributed by atoms with van der Waals surface area (Å²) < 4.78 is 27.2. The Bertz CT molecular complexity index is 1260. The van der Waals surface area contributed by atoms with Crippen LogP contribution in [0.25, 0.3) is 18.2 Å². The summed E-state index contributed by atoms with van der Waals surface area (Å²) in [7, 11) is 7.74. The third-order valence-electron chi connectivity index (χ3n) is 5.25. The van der Waals surface area contributed by atoms with E-state index in [9.17, 15) is 4.79 Å². The predicted octanol–water partition coefficient (Wildman–Crippen LogP) is 5.13. The maximum absolute atomic E-state index is 12.6. The van der Waals surface area contributed by atoms with Gasteiger partial charge in [0.2, 0.25) is 11.7 Å². The van der Waals surface area contributed by atoms with E-state index >= 15 is 0 Å². The van der Waals surface area contributed by atoms with E-state index < -0.39 is 0 Å². The van der Waals surface area contributed by atoms with Gasteiger partial charge in [0.15, 0.2) is 23.0 Å². The van der Waals surface area contributed by atoms with Crippen LogP contribution in [0.3, 0.4) is 0 Å². The van der Waals surface area contributed by atoms with Crippen molar-refractivity contribution in [2.75, 3.05) is 46.6 Å². The lowest BCUT2D eigenvalue weighted by atomic mass is 10.1. The summed E-state index contributed by atoms with van der Waals surface area (Å²) >= 11 is 0. The average molecular weight is 491 g/mol. The highest BCUT2D eigenvalue weighted by Gasteiger charge is 2.14. The molecule has 0 atom stereocenters. The van der Waals surface area contributed by atoms with Gasteiger partial charge in [-0.25, -0.2) is 0 Å². The van der Waals surface area contributed by atoms with Crippen molar-refractivity contribution in [2.45, 2.75) is 0 Å². The Morgan fingerprint density at radius 3 is 1.78 bits per heavy atom. The highest BCUT2D eigenvalue weighted by Crippen LogP contribution is 2.40. The van der Waals surface area contributed by atoms with E-state index in [1.807, 2.05) is 42.5 Å². The monoisotopic (exact) mass is 490 g/mol. The molecule has 0 spiro atoms. The zero-order valence-corrected chi connectivity index (χ0v) is 21.0. The number of benzene rings is 3. The maximum atomic E-state index is 12.6. The van der Waals surface area contributed by atoms with Crippen molar-refractivity contribution >= 4 is 35.5 Å². The molecule has 0 radical (unpaired) electrons. The number of rotatable bonds is 10. The number of amides is 1. The smallest absolute Gasteiger partial charge is 0.248 e. The van der Waals surface area contributed by atoms with E-state index in [1.165, 1.54) is 20.3 Å². The second-order valence-electron chi connectivity index (χ2n) is 7.59. The molecule has 36 heavy (non-hydrogen) atoms. The third kappa shape index (κ3) is 6.29. The number of hydrogen-bond donors (Lipinski definition) is 2. The SMILES string of the molecule is COc1cc(/C=C/c2cc(OC)c(OC)c(OC)c2)cc(NC(=O)/C=C/c2cccc(N)c2)c1OC. The molecule has 0 bridgehead atoms. The van der Waals surface area contributed by atoms with Gasteiger partial charge in [-0.05, 0) is 59.2 Å². The quantitative estimate of drug-likeness (QED) is 0.231. The van der Waals surface area contributed by atoms with E-state index in [0.29, 0.717) is 40.1 Å². The van der Waals surface area contributed by atoms with Gasteiger partial charge in [-0.2, -0.15) is 0 Å². The molecular weight excluding hydrogens is 460 g/mol. The largest absolute Gasteiger partial charge is 0.493 e. The van der Waals surface area contributed by atoms with Crippen molar-refractivity contribution in [3.8, 4) is 28.7 Å². The van der Waals surface area contributed by atoms with Crippen molar-refractivity contribution in [3.63, 3.8) is 0 Å². The van der Waals surface area contributed by atoms with Crippen LogP contribution in [0.4, 0.5) is 11.4 Å². The molecule has 0 aliphatic carbocycles. The fraction of sp³-hybridized carbons (Fsp3) is 0.179. The van der Waals surface area contributed by atoms with Crippen LogP contribution in [0.5, 0.6) is 28.7 Å². The number of anilines is 2. The van der Waals surface area contributed by atoms with Gasteiger partial charge in [-0.1, -0.05) is 24.3 Å². The summed E-state index contributed by atoms with van der Waals surface area (Å²) in [6.45, 7) is 0. The number of nitrogens with one attached hydrogen (secondary N) is 1. The minimum atomic E-state index is -0.330. The van der Waals surface area contributed by atoms with Crippen LogP contribution in [-0.4, -0.2) is 41.5 Å². The summed E-state index contributed by atoms with van der Waals surface area (Å²) in [6, 6.07) is 14.5. The number of carbonyl (C=O) groups is 1. The van der Waals surface area contributed by atoms with E-state index in [1.54, 1.807) is 45.6 Å². The Labute approximate surface area is 210 Å². The first-order valence-electron chi connectivity index (χ1n) is 11.0. The Hall–Kier alpha value is -4.59. The molecule has 3 aromatic rings. The standard InChI is InChI=1S/C28H30N2O6/c1-32-23-15-19(9-10-20-16-24(33-2)28(36-5)25(17-20)34-3)14-22(27(23)35-4)30-26(31)12-11-18-7-6-8-21(29)13-18/h6-17H,29H2,1-5H3,(H,30,31)/b10-9+,12-11+. The van der Waals surface area contributed by atoms with Crippen LogP contribution in [0.1, 0.15) is 16.7 Å². The summed E-state index contributed by atoms with van der Waals surface area (Å²) in [6.07, 6.45) is 6.88. The molecule has 0 aliphatic heterocycles. The number of carbonyl (C=O) groups excluding carboxylic acids is 1. The van der Waals surface area contributed by atoms with Gasteiger partial charge in [0, 0.05) is 11.8 Å². The fourth-order valence-electron chi connectivity index (χ4n) is 3.57. The molecule has 0 heterocycles. The Kier molecular flexibility index (Phi) is 8.83. The first-order chi connectivity index (χ1) is 17.4. The van der Waals surface area contributed by atoms with E-state index in [4.69, 9.17) is 29.4 Å². The molecule has 188 valence electrons. The van der Waals surface area contributed by atoms with Crippen molar-refractivity contribution in [1.29, 1.82) is 0 Å². The van der Waals surface area contributed by atoms with Gasteiger partial charge in [0.05, 0.1) is 41.2 Å². The molecular formula is C28H30N2O6. The number of hydrogen-bond acceptors (Lipinski definition) is 7. The van der Waals surface area contributed by atoms with Crippen LogP contribution in [-0.2, 0) is 4.79 Å². The third-order valence-corrected chi connectivity index (χ3v) is 5.25. The molecule has 0 saturated carbocycles. The zero-order valence-electron chi connectivity index (χ0n) is 21.0. The Morgan fingerprint density at radius 2 is 1.25 bits per heavy atom. The van der Waals surface area contributed by atoms with Gasteiger partial charge < -0.3 is 34.7 Å². The number of methoxy groups -OCH3 is 5. The zero-order chi connectivity index (χ0) is 26.1. The van der Waals surface area contributed by atoms with Crippen LogP contribution < -0.4 is 34.7 Å². The summed E-state index contributed by atoms with van der Waals surface area (Å²) in [5, 5.41) is 2.86. The van der Waals surface area contributed by atoms with Gasteiger partial charge in [0.25, 0.3) is 0 Å². The normalized spacial score (nSPS) is 10.9. The number of ether oxygens (including phenoxy) is 5. The molecule has 8 heteroatoms. The number of nitrogen functional groups attached to an aromatic ring is 1. The summed E-state index contributed by atoms with van der Waals surface area (Å²) in [4.78, 5) is 12.6. The topological polar surface area (TPSA) is 101 Å². The second-order valence-corrected chi connectivity index (χ2v) is 7.59. The molecule has 0 unspecified atom stereocenters. The van der Waals surface area contributed by atoms with Crippen LogP contribution in [0, 0.1) is 0 Å². The minimum Gasteiger partial charge on any atom is -0.493 e. The first kappa shape index (κ1) is 26.0. The molecule has 0 aromatic heterocycles.